The third-order valence-electron chi connectivity index (χ3n) is 3.81. The van der Waals surface area contributed by atoms with Gasteiger partial charge in [0.25, 0.3) is 5.91 Å². The molecule has 0 spiro atoms. The summed E-state index contributed by atoms with van der Waals surface area (Å²) in [5.74, 6) is -2.29. The van der Waals surface area contributed by atoms with Crippen LogP contribution in [-0.2, 0) is 16.2 Å². The van der Waals surface area contributed by atoms with Crippen molar-refractivity contribution in [3.05, 3.63) is 58.1 Å². The summed E-state index contributed by atoms with van der Waals surface area (Å²) in [4.78, 5) is 23.8. The van der Waals surface area contributed by atoms with Crippen LogP contribution in [0.5, 0.6) is 0 Å². The Kier molecular flexibility index (Phi) is 6.30. The number of nitrogens with one attached hydrogen (secondary N) is 1. The van der Waals surface area contributed by atoms with Crippen LogP contribution in [0.15, 0.2) is 50.5 Å². The minimum atomic E-state index is -4.83. The predicted octanol–water partition coefficient (Wildman–Crippen LogP) is 2.94. The smallest absolute Gasteiger partial charge is 0.417 e. The zero-order valence-corrected chi connectivity index (χ0v) is 15.7. The highest BCUT2D eigenvalue weighted by Gasteiger charge is 2.34. The van der Waals surface area contributed by atoms with Crippen LogP contribution in [0.2, 0.25) is 0 Å². The summed E-state index contributed by atoms with van der Waals surface area (Å²) in [6.45, 7) is 3.95. The van der Waals surface area contributed by atoms with Crippen molar-refractivity contribution in [2.24, 2.45) is 0 Å². The Balaban J connectivity index is 2.22. The van der Waals surface area contributed by atoms with E-state index in [1.807, 2.05) is 0 Å². The van der Waals surface area contributed by atoms with Gasteiger partial charge in [-0.25, -0.2) is 13.2 Å². The lowest BCUT2D eigenvalue weighted by Crippen LogP contribution is -2.30. The lowest BCUT2D eigenvalue weighted by atomic mass is 10.2. The number of carbonyl (C=O) groups is 1. The van der Waals surface area contributed by atoms with Crippen molar-refractivity contribution >= 4 is 21.6 Å². The number of hydrogen-bond acceptors (Lipinski definition) is 5. The lowest BCUT2D eigenvalue weighted by molar-refractivity contribution is -0.154. The Morgan fingerprint density at radius 2 is 1.64 bits per heavy atom. The van der Waals surface area contributed by atoms with E-state index in [4.69, 9.17) is 0 Å². The average molecular weight is 418 g/mol. The second-order valence-corrected chi connectivity index (χ2v) is 7.50. The van der Waals surface area contributed by atoms with Crippen LogP contribution in [0.25, 0.3) is 0 Å². The molecule has 1 aromatic carbocycles. The molecular weight excluding hydrogens is 401 g/mol. The third-order valence-corrected chi connectivity index (χ3v) is 5.88. The molecule has 28 heavy (non-hydrogen) atoms. The van der Waals surface area contributed by atoms with Gasteiger partial charge in [0.2, 0.25) is 15.8 Å². The third kappa shape index (κ3) is 4.60. The number of alkyl halides is 3. The molecule has 0 atom stereocenters. The minimum absolute atomic E-state index is 0.0118. The first-order valence-electron chi connectivity index (χ1n) is 8.13. The molecule has 11 heteroatoms. The van der Waals surface area contributed by atoms with Crippen LogP contribution in [0.4, 0.5) is 18.9 Å². The maximum absolute atomic E-state index is 12.5. The monoisotopic (exact) mass is 418 g/mol. The zero-order valence-electron chi connectivity index (χ0n) is 14.9. The van der Waals surface area contributed by atoms with Crippen molar-refractivity contribution in [3.8, 4) is 0 Å². The Hall–Kier alpha value is -2.66. The normalized spacial score (nSPS) is 12.2. The molecule has 1 amide bonds. The first-order chi connectivity index (χ1) is 13.0. The maximum atomic E-state index is 12.5. The Labute approximate surface area is 158 Å². The molecule has 0 bridgehead atoms. The van der Waals surface area contributed by atoms with Gasteiger partial charge < -0.3 is 9.73 Å². The van der Waals surface area contributed by atoms with E-state index >= 15 is 0 Å². The van der Waals surface area contributed by atoms with E-state index in [0.717, 1.165) is 6.07 Å². The topological polar surface area (TPSA) is 96.7 Å². The van der Waals surface area contributed by atoms with Crippen LogP contribution in [-0.4, -0.2) is 31.7 Å². The number of sulfonamides is 1. The maximum Gasteiger partial charge on any atom is 0.449 e. The molecule has 1 aromatic heterocycles. The molecular formula is C17H17F3N2O5S. The molecule has 1 N–H and O–H groups in total. The number of nitrogens with zero attached hydrogens (tertiary/aromatic N) is 1. The molecule has 7 nitrogen and oxygen atoms in total. The predicted molar refractivity (Wildman–Crippen MR) is 94.5 cm³/mol. The average Bonchev–Trinajstić information content (AvgIpc) is 2.63. The van der Waals surface area contributed by atoms with E-state index < -0.39 is 39.2 Å². The lowest BCUT2D eigenvalue weighted by Gasteiger charge is -2.18. The molecule has 0 aliphatic rings. The van der Waals surface area contributed by atoms with Crippen molar-refractivity contribution in [1.29, 1.82) is 0 Å². The fourth-order valence-electron chi connectivity index (χ4n) is 2.35. The van der Waals surface area contributed by atoms with Crippen LogP contribution >= 0.6 is 0 Å². The van der Waals surface area contributed by atoms with Gasteiger partial charge in [-0.15, -0.1) is 0 Å². The van der Waals surface area contributed by atoms with Crippen LogP contribution < -0.4 is 10.9 Å². The van der Waals surface area contributed by atoms with Crippen molar-refractivity contribution in [2.75, 3.05) is 18.4 Å². The van der Waals surface area contributed by atoms with Crippen molar-refractivity contribution < 1.29 is 30.8 Å². The Morgan fingerprint density at radius 1 is 1.07 bits per heavy atom. The van der Waals surface area contributed by atoms with E-state index in [9.17, 15) is 31.2 Å². The summed E-state index contributed by atoms with van der Waals surface area (Å²) in [6, 6.07) is 6.24. The number of benzene rings is 1. The number of anilines is 1. The summed E-state index contributed by atoms with van der Waals surface area (Å²) < 4.78 is 67.7. The molecule has 0 unspecified atom stereocenters. The van der Waals surface area contributed by atoms with E-state index in [2.05, 4.69) is 9.73 Å². The SMILES string of the molecule is CCN(CC)S(=O)(=O)c1ccc(C(=O)Nc2ccc(C(F)(F)F)oc2=O)cc1. The van der Waals surface area contributed by atoms with Crippen molar-refractivity contribution in [2.45, 2.75) is 24.9 Å². The van der Waals surface area contributed by atoms with Crippen molar-refractivity contribution in [3.63, 3.8) is 0 Å². The van der Waals surface area contributed by atoms with E-state index in [0.29, 0.717) is 6.07 Å². The van der Waals surface area contributed by atoms with Gasteiger partial charge in [-0.2, -0.15) is 17.5 Å². The van der Waals surface area contributed by atoms with Gasteiger partial charge in [0.05, 0.1) is 4.90 Å². The molecule has 2 rings (SSSR count). The highest BCUT2D eigenvalue weighted by atomic mass is 32.2. The number of carbonyl (C=O) groups excluding carboxylic acids is 1. The second kappa shape index (κ2) is 8.15. The van der Waals surface area contributed by atoms with Gasteiger partial charge in [0, 0.05) is 18.7 Å². The molecule has 0 saturated heterocycles. The molecule has 2 aromatic rings. The standard InChI is InChI=1S/C17H17F3N2O5S/c1-3-22(4-2)28(25,26)12-7-5-11(6-8-12)15(23)21-13-9-10-14(17(18,19)20)27-16(13)24/h5-10H,3-4H2,1-2H3,(H,21,23). The molecule has 1 heterocycles. The fourth-order valence-corrected chi connectivity index (χ4v) is 3.80. The summed E-state index contributed by atoms with van der Waals surface area (Å²) in [5.41, 5.74) is -1.82. The summed E-state index contributed by atoms with van der Waals surface area (Å²) in [7, 11) is -3.70. The molecule has 0 saturated carbocycles. The first-order valence-corrected chi connectivity index (χ1v) is 9.57. The number of hydrogen-bond donors (Lipinski definition) is 1. The molecule has 0 aliphatic heterocycles. The zero-order chi connectivity index (χ0) is 21.1. The van der Waals surface area contributed by atoms with Gasteiger partial charge in [0.15, 0.2) is 0 Å². The molecule has 0 radical (unpaired) electrons. The van der Waals surface area contributed by atoms with Crippen LogP contribution in [0, 0.1) is 0 Å². The van der Waals surface area contributed by atoms with Crippen LogP contribution in [0.3, 0.4) is 0 Å². The summed E-state index contributed by atoms with van der Waals surface area (Å²) in [5, 5.41) is 2.14. The summed E-state index contributed by atoms with van der Waals surface area (Å²) in [6.07, 6.45) is -4.83. The van der Waals surface area contributed by atoms with Gasteiger partial charge >= 0.3 is 11.8 Å². The van der Waals surface area contributed by atoms with E-state index in [1.54, 1.807) is 13.8 Å². The van der Waals surface area contributed by atoms with Crippen molar-refractivity contribution in [1.82, 2.24) is 4.31 Å². The fraction of sp³-hybridized carbons (Fsp3) is 0.294. The number of rotatable bonds is 6. The van der Waals surface area contributed by atoms with Gasteiger partial charge in [0.1, 0.15) is 5.69 Å². The minimum Gasteiger partial charge on any atom is -0.417 e. The van der Waals surface area contributed by atoms with E-state index in [-0.39, 0.29) is 23.5 Å². The number of amides is 1. The largest absolute Gasteiger partial charge is 0.449 e. The summed E-state index contributed by atoms with van der Waals surface area (Å²) >= 11 is 0. The molecule has 0 aliphatic carbocycles. The Morgan fingerprint density at radius 3 is 2.11 bits per heavy atom. The van der Waals surface area contributed by atoms with Gasteiger partial charge in [-0.3, -0.25) is 4.79 Å². The highest BCUT2D eigenvalue weighted by molar-refractivity contribution is 7.89. The molecule has 152 valence electrons. The highest BCUT2D eigenvalue weighted by Crippen LogP contribution is 2.28. The van der Waals surface area contributed by atoms with Gasteiger partial charge in [-0.1, -0.05) is 13.8 Å². The van der Waals surface area contributed by atoms with Crippen LogP contribution in [0.1, 0.15) is 30.0 Å². The van der Waals surface area contributed by atoms with E-state index in [1.165, 1.54) is 28.6 Å². The first kappa shape index (κ1) is 21.6. The molecule has 0 fully saturated rings. The quantitative estimate of drug-likeness (QED) is 0.778. The van der Waals surface area contributed by atoms with Gasteiger partial charge in [-0.05, 0) is 36.4 Å². The second-order valence-electron chi connectivity index (χ2n) is 5.57. The Bertz CT molecular complexity index is 1010. The number of halogens is 3.